The minimum atomic E-state index is -4.48. The second kappa shape index (κ2) is 6.44. The maximum Gasteiger partial charge on any atom is 0.416 e. The number of alkyl halides is 3. The molecule has 0 spiro atoms. The van der Waals surface area contributed by atoms with Gasteiger partial charge in [0.05, 0.1) is 12.7 Å². The third-order valence-corrected chi connectivity index (χ3v) is 3.66. The molecule has 4 nitrogen and oxygen atoms in total. The second-order valence-corrected chi connectivity index (χ2v) is 5.33. The molecule has 0 aromatic heterocycles. The zero-order valence-corrected chi connectivity index (χ0v) is 12.7. The molecule has 0 bridgehead atoms. The lowest BCUT2D eigenvalue weighted by atomic mass is 9.98. The van der Waals surface area contributed by atoms with Crippen LogP contribution in [0, 0.1) is 5.92 Å². The first-order valence-electron chi connectivity index (χ1n) is 6.99. The van der Waals surface area contributed by atoms with Gasteiger partial charge < -0.3 is 10.1 Å². The van der Waals surface area contributed by atoms with Gasteiger partial charge in [-0.3, -0.25) is 9.59 Å². The highest BCUT2D eigenvalue weighted by atomic mass is 19.4. The third kappa shape index (κ3) is 3.72. The summed E-state index contributed by atoms with van der Waals surface area (Å²) < 4.78 is 43.1. The van der Waals surface area contributed by atoms with Gasteiger partial charge in [-0.1, -0.05) is 19.1 Å². The van der Waals surface area contributed by atoms with Gasteiger partial charge in [-0.2, -0.15) is 13.2 Å². The van der Waals surface area contributed by atoms with Gasteiger partial charge in [-0.05, 0) is 24.1 Å². The summed E-state index contributed by atoms with van der Waals surface area (Å²) in [5.74, 6) is -1.11. The monoisotopic (exact) mass is 327 g/mol. The molecule has 23 heavy (non-hydrogen) atoms. The first kappa shape index (κ1) is 17.1. The summed E-state index contributed by atoms with van der Waals surface area (Å²) >= 11 is 0. The smallest absolute Gasteiger partial charge is 0.416 e. The molecule has 0 aliphatic heterocycles. The molecule has 1 aromatic carbocycles. The van der Waals surface area contributed by atoms with Crippen LogP contribution in [-0.4, -0.2) is 25.4 Å². The number of nitrogens with one attached hydrogen (secondary N) is 1. The van der Waals surface area contributed by atoms with Crippen molar-refractivity contribution in [1.82, 2.24) is 5.32 Å². The van der Waals surface area contributed by atoms with Gasteiger partial charge in [0, 0.05) is 17.2 Å². The van der Waals surface area contributed by atoms with Crippen molar-refractivity contribution in [3.63, 3.8) is 0 Å². The number of halogens is 3. The first-order valence-corrected chi connectivity index (χ1v) is 6.99. The van der Waals surface area contributed by atoms with E-state index in [2.05, 4.69) is 10.1 Å². The van der Waals surface area contributed by atoms with Crippen molar-refractivity contribution in [3.05, 3.63) is 41.1 Å². The first-order chi connectivity index (χ1) is 10.7. The van der Waals surface area contributed by atoms with Crippen LogP contribution in [0.5, 0.6) is 0 Å². The maximum absolute atomic E-state index is 12.8. The fraction of sp³-hybridized carbons (Fsp3) is 0.375. The highest BCUT2D eigenvalue weighted by molar-refractivity contribution is 6.24. The molecule has 0 saturated heterocycles. The van der Waals surface area contributed by atoms with E-state index in [1.807, 2.05) is 0 Å². The fourth-order valence-electron chi connectivity index (χ4n) is 2.48. The number of methoxy groups -OCH3 is 1. The number of carbonyl (C=O) groups is 2. The predicted molar refractivity (Wildman–Crippen MR) is 77.2 cm³/mol. The third-order valence-electron chi connectivity index (χ3n) is 3.66. The molecule has 0 saturated carbocycles. The molecular weight excluding hydrogens is 311 g/mol. The minimum absolute atomic E-state index is 0.145. The van der Waals surface area contributed by atoms with Crippen LogP contribution in [0.1, 0.15) is 24.5 Å². The molecule has 1 aliphatic rings. The van der Waals surface area contributed by atoms with Crippen molar-refractivity contribution >= 4 is 17.3 Å². The van der Waals surface area contributed by atoms with Gasteiger partial charge in [0.25, 0.3) is 0 Å². The van der Waals surface area contributed by atoms with E-state index in [1.54, 1.807) is 6.92 Å². The van der Waals surface area contributed by atoms with Crippen LogP contribution in [0.2, 0.25) is 0 Å². The number of carbonyl (C=O) groups excluding carboxylic acids is 2. The molecule has 0 heterocycles. The molecule has 7 heteroatoms. The minimum Gasteiger partial charge on any atom is -0.468 e. The van der Waals surface area contributed by atoms with Gasteiger partial charge in [0.15, 0.2) is 5.78 Å². The highest BCUT2D eigenvalue weighted by Gasteiger charge is 2.34. The number of allylic oxidation sites excluding steroid dienone is 2. The SMILES string of the molecule is COC(=O)CNC1=C(c2cccc(C(F)(F)F)c2)C(=O)C(C)C1. The largest absolute Gasteiger partial charge is 0.468 e. The van der Waals surface area contributed by atoms with Crippen molar-refractivity contribution in [2.45, 2.75) is 19.5 Å². The van der Waals surface area contributed by atoms with E-state index in [9.17, 15) is 22.8 Å². The Morgan fingerprint density at radius 3 is 2.70 bits per heavy atom. The predicted octanol–water partition coefficient (Wildman–Crippen LogP) is 2.79. The van der Waals surface area contributed by atoms with Crippen molar-refractivity contribution in [2.75, 3.05) is 13.7 Å². The van der Waals surface area contributed by atoms with E-state index in [-0.39, 0.29) is 29.4 Å². The summed E-state index contributed by atoms with van der Waals surface area (Å²) in [6.07, 6.45) is -4.13. The summed E-state index contributed by atoms with van der Waals surface area (Å²) in [4.78, 5) is 23.5. The van der Waals surface area contributed by atoms with Gasteiger partial charge in [-0.15, -0.1) is 0 Å². The van der Waals surface area contributed by atoms with Crippen LogP contribution >= 0.6 is 0 Å². The quantitative estimate of drug-likeness (QED) is 0.864. The van der Waals surface area contributed by atoms with Gasteiger partial charge in [0.2, 0.25) is 0 Å². The standard InChI is InChI=1S/C16H16F3NO3/c1-9-6-12(20-8-13(21)23-2)14(15(9)22)10-4-3-5-11(7-10)16(17,18)19/h3-5,7,9,20H,6,8H2,1-2H3. The van der Waals surface area contributed by atoms with Gasteiger partial charge in [-0.25, -0.2) is 0 Å². The summed E-state index contributed by atoms with van der Waals surface area (Å²) in [5, 5.41) is 2.80. The normalized spacial score (nSPS) is 18.3. The summed E-state index contributed by atoms with van der Waals surface area (Å²) in [6.45, 7) is 1.55. The summed E-state index contributed by atoms with van der Waals surface area (Å²) in [6, 6.07) is 4.62. The Kier molecular flexibility index (Phi) is 4.77. The Bertz CT molecular complexity index is 665. The molecule has 1 aliphatic carbocycles. The average Bonchev–Trinajstić information content (AvgIpc) is 2.79. The molecule has 124 valence electrons. The lowest BCUT2D eigenvalue weighted by Gasteiger charge is -2.11. The average molecular weight is 327 g/mol. The molecule has 0 radical (unpaired) electrons. The topological polar surface area (TPSA) is 55.4 Å². The number of benzene rings is 1. The maximum atomic E-state index is 12.8. The second-order valence-electron chi connectivity index (χ2n) is 5.33. The summed E-state index contributed by atoms with van der Waals surface area (Å²) in [7, 11) is 1.23. The van der Waals surface area contributed by atoms with Crippen LogP contribution in [-0.2, 0) is 20.5 Å². The van der Waals surface area contributed by atoms with Crippen LogP contribution in [0.15, 0.2) is 30.0 Å². The van der Waals surface area contributed by atoms with Crippen LogP contribution in [0.25, 0.3) is 5.57 Å². The molecule has 2 rings (SSSR count). The Hall–Kier alpha value is -2.31. The van der Waals surface area contributed by atoms with Crippen molar-refractivity contribution in [1.29, 1.82) is 0 Å². The lowest BCUT2D eigenvalue weighted by molar-refractivity contribution is -0.139. The van der Waals surface area contributed by atoms with Gasteiger partial charge >= 0.3 is 12.1 Å². The van der Waals surface area contributed by atoms with Crippen molar-refractivity contribution in [2.24, 2.45) is 5.92 Å². The van der Waals surface area contributed by atoms with E-state index in [4.69, 9.17) is 0 Å². The van der Waals surface area contributed by atoms with E-state index in [1.165, 1.54) is 19.2 Å². The number of hydrogen-bond donors (Lipinski definition) is 1. The molecular formula is C16H16F3NO3. The highest BCUT2D eigenvalue weighted by Crippen LogP contribution is 2.36. The number of rotatable bonds is 4. The van der Waals surface area contributed by atoms with Crippen molar-refractivity contribution in [3.8, 4) is 0 Å². The van der Waals surface area contributed by atoms with Crippen LogP contribution in [0.3, 0.4) is 0 Å². The zero-order chi connectivity index (χ0) is 17.2. The number of Topliss-reactive ketones (excluding diaryl/α,β-unsaturated/α-hetero) is 1. The molecule has 0 amide bonds. The zero-order valence-electron chi connectivity index (χ0n) is 12.7. The van der Waals surface area contributed by atoms with E-state index >= 15 is 0 Å². The van der Waals surface area contributed by atoms with Crippen molar-refractivity contribution < 1.29 is 27.5 Å². The lowest BCUT2D eigenvalue weighted by Crippen LogP contribution is -2.23. The Morgan fingerprint density at radius 1 is 1.39 bits per heavy atom. The fourth-order valence-corrected chi connectivity index (χ4v) is 2.48. The molecule has 0 fully saturated rings. The van der Waals surface area contributed by atoms with E-state index < -0.39 is 17.7 Å². The van der Waals surface area contributed by atoms with Crippen LogP contribution < -0.4 is 5.32 Å². The van der Waals surface area contributed by atoms with E-state index in [0.717, 1.165) is 12.1 Å². The molecule has 1 N–H and O–H groups in total. The van der Waals surface area contributed by atoms with E-state index in [0.29, 0.717) is 12.1 Å². The van der Waals surface area contributed by atoms with Gasteiger partial charge in [0.1, 0.15) is 6.54 Å². The molecule has 1 unspecified atom stereocenters. The number of esters is 1. The number of ether oxygens (including phenoxy) is 1. The molecule has 1 atom stereocenters. The number of hydrogen-bond acceptors (Lipinski definition) is 4. The number of ketones is 1. The molecule has 1 aromatic rings. The Balaban J connectivity index is 2.39. The Labute approximate surface area is 131 Å². The van der Waals surface area contributed by atoms with Crippen LogP contribution in [0.4, 0.5) is 13.2 Å². The summed E-state index contributed by atoms with van der Waals surface area (Å²) in [5.41, 5.74) is 0.0449. The Morgan fingerprint density at radius 2 is 2.09 bits per heavy atom.